The largest absolute Gasteiger partial charge is 0.379 e. The van der Waals surface area contributed by atoms with Gasteiger partial charge in [0.2, 0.25) is 5.91 Å². The van der Waals surface area contributed by atoms with E-state index in [2.05, 4.69) is 38.0 Å². The van der Waals surface area contributed by atoms with Crippen molar-refractivity contribution in [3.05, 3.63) is 22.4 Å². The predicted molar refractivity (Wildman–Crippen MR) is 118 cm³/mol. The number of carbonyl (C=O) groups excluding carboxylic acids is 1. The van der Waals surface area contributed by atoms with Crippen molar-refractivity contribution in [2.24, 2.45) is 4.99 Å². The number of nitrogens with zero attached hydrogens (tertiary/aromatic N) is 3. The van der Waals surface area contributed by atoms with Gasteiger partial charge in [-0.3, -0.25) is 9.69 Å². The van der Waals surface area contributed by atoms with Gasteiger partial charge in [-0.2, -0.15) is 0 Å². The van der Waals surface area contributed by atoms with Gasteiger partial charge in [0.15, 0.2) is 5.96 Å². The molecule has 0 radical (unpaired) electrons. The molecule has 1 unspecified atom stereocenters. The first-order valence-corrected chi connectivity index (χ1v) is 11.6. The molecule has 1 amide bonds. The SMILES string of the molecule is CN(C)C(=O)CN=C(NCC(c1cccs1)N1CCOCC1)NC1CCCCC1. The highest BCUT2D eigenvalue weighted by atomic mass is 32.1. The third kappa shape index (κ3) is 6.97. The van der Waals surface area contributed by atoms with E-state index in [1.807, 2.05) is 0 Å². The van der Waals surface area contributed by atoms with Crippen LogP contribution in [0.2, 0.25) is 0 Å². The van der Waals surface area contributed by atoms with Gasteiger partial charge in [-0.05, 0) is 24.3 Å². The number of guanidine groups is 1. The highest BCUT2D eigenvalue weighted by molar-refractivity contribution is 7.10. The quantitative estimate of drug-likeness (QED) is 0.521. The molecular formula is C21H35N5O2S. The fourth-order valence-electron chi connectivity index (χ4n) is 3.85. The van der Waals surface area contributed by atoms with Crippen molar-refractivity contribution in [3.8, 4) is 0 Å². The second-order valence-corrected chi connectivity index (χ2v) is 8.97. The number of amides is 1. The normalized spacial score (nSPS) is 20.3. The minimum atomic E-state index is 0.0118. The highest BCUT2D eigenvalue weighted by Crippen LogP contribution is 2.25. The van der Waals surface area contributed by atoms with Gasteiger partial charge in [0.1, 0.15) is 6.54 Å². The fourth-order valence-corrected chi connectivity index (χ4v) is 4.71. The summed E-state index contributed by atoms with van der Waals surface area (Å²) >= 11 is 1.79. The molecule has 3 rings (SSSR count). The average Bonchev–Trinajstić information content (AvgIpc) is 3.27. The van der Waals surface area contributed by atoms with Crippen LogP contribution in [-0.2, 0) is 9.53 Å². The number of morpholine rings is 1. The Balaban J connectivity index is 1.66. The van der Waals surface area contributed by atoms with Crippen LogP contribution in [0.1, 0.15) is 43.0 Å². The van der Waals surface area contributed by atoms with Crippen molar-refractivity contribution in [1.29, 1.82) is 0 Å². The molecule has 1 aromatic rings. The first-order valence-electron chi connectivity index (χ1n) is 10.7. The summed E-state index contributed by atoms with van der Waals surface area (Å²) in [5.74, 6) is 0.764. The molecule has 1 atom stereocenters. The number of hydrogen-bond donors (Lipinski definition) is 2. The third-order valence-electron chi connectivity index (χ3n) is 5.64. The van der Waals surface area contributed by atoms with Crippen LogP contribution < -0.4 is 10.6 Å². The van der Waals surface area contributed by atoms with Crippen LogP contribution in [0.4, 0.5) is 0 Å². The highest BCUT2D eigenvalue weighted by Gasteiger charge is 2.24. The van der Waals surface area contributed by atoms with Crippen LogP contribution in [0.5, 0.6) is 0 Å². The minimum Gasteiger partial charge on any atom is -0.379 e. The monoisotopic (exact) mass is 421 g/mol. The topological polar surface area (TPSA) is 69.2 Å². The smallest absolute Gasteiger partial charge is 0.243 e. The summed E-state index contributed by atoms with van der Waals surface area (Å²) in [7, 11) is 3.54. The average molecular weight is 422 g/mol. The Bertz CT molecular complexity index is 638. The van der Waals surface area contributed by atoms with Crippen LogP contribution in [-0.4, -0.2) is 81.2 Å². The van der Waals surface area contributed by atoms with Crippen LogP contribution in [0.25, 0.3) is 0 Å². The molecule has 2 fully saturated rings. The standard InChI is InChI=1S/C21H35N5O2S/c1-25(2)20(27)16-23-21(24-17-7-4-3-5-8-17)22-15-18(19-9-6-14-29-19)26-10-12-28-13-11-26/h6,9,14,17-18H,3-5,7-8,10-13,15-16H2,1-2H3,(H2,22,23,24). The Morgan fingerprint density at radius 2 is 2.07 bits per heavy atom. The molecule has 1 aliphatic carbocycles. The van der Waals surface area contributed by atoms with Crippen molar-refractivity contribution in [3.63, 3.8) is 0 Å². The Morgan fingerprint density at radius 3 is 2.72 bits per heavy atom. The molecule has 162 valence electrons. The molecule has 2 aliphatic rings. The number of carbonyl (C=O) groups is 1. The van der Waals surface area contributed by atoms with Gasteiger partial charge in [-0.1, -0.05) is 25.3 Å². The number of aliphatic imine (C=N–C) groups is 1. The number of hydrogen-bond acceptors (Lipinski definition) is 5. The van der Waals surface area contributed by atoms with E-state index in [4.69, 9.17) is 4.74 Å². The van der Waals surface area contributed by atoms with Crippen LogP contribution >= 0.6 is 11.3 Å². The van der Waals surface area contributed by atoms with Gasteiger partial charge in [-0.15, -0.1) is 11.3 Å². The maximum absolute atomic E-state index is 12.1. The Kier molecular flexibility index (Phi) is 8.76. The Morgan fingerprint density at radius 1 is 1.31 bits per heavy atom. The van der Waals surface area contributed by atoms with E-state index >= 15 is 0 Å². The van der Waals surface area contributed by atoms with E-state index in [0.717, 1.165) is 38.8 Å². The van der Waals surface area contributed by atoms with Gasteiger partial charge >= 0.3 is 0 Å². The number of thiophene rings is 1. The van der Waals surface area contributed by atoms with Gasteiger partial charge in [0.05, 0.1) is 19.3 Å². The molecule has 7 nitrogen and oxygen atoms in total. The van der Waals surface area contributed by atoms with Gasteiger partial charge in [0, 0.05) is 44.6 Å². The summed E-state index contributed by atoms with van der Waals surface area (Å²) in [5, 5.41) is 9.25. The fraction of sp³-hybridized carbons (Fsp3) is 0.714. The van der Waals surface area contributed by atoms with Crippen molar-refractivity contribution >= 4 is 23.2 Å². The molecule has 0 bridgehead atoms. The number of rotatable bonds is 7. The summed E-state index contributed by atoms with van der Waals surface area (Å²) in [5.41, 5.74) is 0. The third-order valence-corrected chi connectivity index (χ3v) is 6.61. The van der Waals surface area contributed by atoms with Gasteiger partial charge in [-0.25, -0.2) is 4.99 Å². The van der Waals surface area contributed by atoms with Crippen molar-refractivity contribution < 1.29 is 9.53 Å². The first-order chi connectivity index (χ1) is 14.1. The maximum atomic E-state index is 12.1. The lowest BCUT2D eigenvalue weighted by atomic mass is 9.96. The van der Waals surface area contributed by atoms with Crippen LogP contribution in [0, 0.1) is 0 Å². The molecular weight excluding hydrogens is 386 g/mol. The van der Waals surface area contributed by atoms with Crippen molar-refractivity contribution in [1.82, 2.24) is 20.4 Å². The van der Waals surface area contributed by atoms with Crippen molar-refractivity contribution in [2.45, 2.75) is 44.2 Å². The summed E-state index contributed by atoms with van der Waals surface area (Å²) in [6.45, 7) is 4.35. The van der Waals surface area contributed by atoms with E-state index in [1.165, 1.54) is 37.0 Å². The van der Waals surface area contributed by atoms with E-state index in [0.29, 0.717) is 6.04 Å². The summed E-state index contributed by atoms with van der Waals surface area (Å²) in [4.78, 5) is 22.1. The van der Waals surface area contributed by atoms with E-state index in [-0.39, 0.29) is 18.5 Å². The molecule has 2 N–H and O–H groups in total. The summed E-state index contributed by atoms with van der Waals surface area (Å²) < 4.78 is 5.54. The maximum Gasteiger partial charge on any atom is 0.243 e. The zero-order valence-corrected chi connectivity index (χ0v) is 18.5. The van der Waals surface area contributed by atoms with Crippen LogP contribution in [0.3, 0.4) is 0 Å². The molecule has 1 aromatic heterocycles. The molecule has 1 saturated carbocycles. The zero-order valence-electron chi connectivity index (χ0n) is 17.7. The van der Waals surface area contributed by atoms with E-state index < -0.39 is 0 Å². The molecule has 0 aromatic carbocycles. The first kappa shape index (κ1) is 22.1. The minimum absolute atomic E-state index is 0.0118. The van der Waals surface area contributed by atoms with E-state index in [9.17, 15) is 4.79 Å². The number of ether oxygens (including phenoxy) is 1. The lowest BCUT2D eigenvalue weighted by molar-refractivity contribution is -0.127. The number of likely N-dealkylation sites (N-methyl/N-ethyl adjacent to an activating group) is 1. The summed E-state index contributed by atoms with van der Waals surface area (Å²) in [6, 6.07) is 5.03. The molecule has 0 spiro atoms. The molecule has 8 heteroatoms. The zero-order chi connectivity index (χ0) is 20.5. The number of nitrogens with one attached hydrogen (secondary N) is 2. The second kappa shape index (κ2) is 11.5. The summed E-state index contributed by atoms with van der Waals surface area (Å²) in [6.07, 6.45) is 6.16. The van der Waals surface area contributed by atoms with Crippen molar-refractivity contribution in [2.75, 3.05) is 53.5 Å². The molecule has 2 heterocycles. The molecule has 29 heavy (non-hydrogen) atoms. The Hall–Kier alpha value is -1.64. The molecule has 1 aliphatic heterocycles. The van der Waals surface area contributed by atoms with E-state index in [1.54, 1.807) is 30.3 Å². The van der Waals surface area contributed by atoms with Gasteiger partial charge < -0.3 is 20.3 Å². The lowest BCUT2D eigenvalue weighted by Gasteiger charge is -2.34. The predicted octanol–water partition coefficient (Wildman–Crippen LogP) is 2.08. The lowest BCUT2D eigenvalue weighted by Crippen LogP contribution is -2.49. The Labute approximate surface area is 178 Å². The molecule has 1 saturated heterocycles. The van der Waals surface area contributed by atoms with Gasteiger partial charge in [0.25, 0.3) is 0 Å². The second-order valence-electron chi connectivity index (χ2n) is 7.99. The van der Waals surface area contributed by atoms with Crippen LogP contribution in [0.15, 0.2) is 22.5 Å².